The van der Waals surface area contributed by atoms with E-state index in [2.05, 4.69) is 31.3 Å². The third kappa shape index (κ3) is 6.70. The average Bonchev–Trinajstić information content (AvgIpc) is 2.68. The molecule has 0 aliphatic carbocycles. The van der Waals surface area contributed by atoms with Crippen molar-refractivity contribution in [2.45, 2.75) is 39.7 Å². The maximum atomic E-state index is 12.1. The van der Waals surface area contributed by atoms with Crippen LogP contribution < -0.4 is 24.6 Å². The van der Waals surface area contributed by atoms with Crippen molar-refractivity contribution in [2.24, 2.45) is 0 Å². The number of piperazine rings is 1. The minimum atomic E-state index is 0.195. The Balaban J connectivity index is 1.78. The van der Waals surface area contributed by atoms with Crippen molar-refractivity contribution in [1.82, 2.24) is 5.32 Å². The Morgan fingerprint density at radius 2 is 1.67 bits per heavy atom. The van der Waals surface area contributed by atoms with Crippen molar-refractivity contribution in [2.75, 3.05) is 53.5 Å². The van der Waals surface area contributed by atoms with Gasteiger partial charge in [0.1, 0.15) is 32.7 Å². The lowest BCUT2D eigenvalue weighted by Crippen LogP contribution is -3.28. The number of aryl methyl sites for hydroxylation is 1. The molecule has 1 saturated heterocycles. The minimum Gasteiger partial charge on any atom is -0.493 e. The number of methoxy groups -OCH3 is 2. The van der Waals surface area contributed by atoms with Gasteiger partial charge < -0.3 is 24.6 Å². The van der Waals surface area contributed by atoms with Crippen molar-refractivity contribution >= 4 is 5.91 Å². The molecule has 3 N–H and O–H groups in total. The predicted octanol–water partition coefficient (Wildman–Crippen LogP) is -0.398. The van der Waals surface area contributed by atoms with Crippen LogP contribution in [-0.4, -0.2) is 59.4 Å². The van der Waals surface area contributed by atoms with E-state index in [1.54, 1.807) is 19.1 Å². The third-order valence-corrected chi connectivity index (χ3v) is 5.46. The molecule has 1 aliphatic rings. The summed E-state index contributed by atoms with van der Waals surface area (Å²) in [4.78, 5) is 15.0. The van der Waals surface area contributed by atoms with Gasteiger partial charge in [-0.2, -0.15) is 0 Å². The van der Waals surface area contributed by atoms with Gasteiger partial charge in [-0.3, -0.25) is 4.79 Å². The quantitative estimate of drug-likeness (QED) is 0.485. The van der Waals surface area contributed by atoms with E-state index < -0.39 is 0 Å². The Hall–Kier alpha value is -1.79. The van der Waals surface area contributed by atoms with Crippen molar-refractivity contribution in [3.63, 3.8) is 0 Å². The lowest BCUT2D eigenvalue weighted by atomic mass is 10.1. The molecule has 0 atom stereocenters. The van der Waals surface area contributed by atoms with E-state index in [1.165, 1.54) is 28.9 Å². The Labute approximate surface area is 163 Å². The van der Waals surface area contributed by atoms with Gasteiger partial charge in [0.2, 0.25) is 0 Å². The number of hydrogen-bond donors (Lipinski definition) is 3. The first-order chi connectivity index (χ1) is 13.1. The molecule has 0 spiro atoms. The molecule has 1 aromatic carbocycles. The summed E-state index contributed by atoms with van der Waals surface area (Å²) in [6.45, 7) is 11.0. The maximum absolute atomic E-state index is 12.1. The van der Waals surface area contributed by atoms with E-state index in [9.17, 15) is 4.79 Å². The highest BCUT2D eigenvalue weighted by Gasteiger charge is 2.25. The van der Waals surface area contributed by atoms with Crippen LogP contribution in [0.4, 0.5) is 0 Å². The summed E-state index contributed by atoms with van der Waals surface area (Å²) in [6, 6.07) is 4.15. The molecule has 0 radical (unpaired) electrons. The van der Waals surface area contributed by atoms with Crippen molar-refractivity contribution in [3.8, 4) is 11.5 Å². The monoisotopic (exact) mass is 379 g/mol. The molecular formula is C21H37N3O3+2. The van der Waals surface area contributed by atoms with Crippen LogP contribution in [0, 0.1) is 6.92 Å². The molecule has 6 nitrogen and oxygen atoms in total. The van der Waals surface area contributed by atoms with Crippen LogP contribution in [0.15, 0.2) is 12.1 Å². The van der Waals surface area contributed by atoms with E-state index in [0.717, 1.165) is 57.2 Å². The SMILES string of the molecule is CCCCCNC(=O)C[NH+]1CC[NH+](Cc2cc(OC)c(OC)cc2C)CC1. The van der Waals surface area contributed by atoms with Gasteiger partial charge in [0.25, 0.3) is 5.91 Å². The molecule has 1 aromatic rings. The van der Waals surface area contributed by atoms with E-state index in [1.807, 2.05) is 0 Å². The van der Waals surface area contributed by atoms with E-state index in [4.69, 9.17) is 9.47 Å². The van der Waals surface area contributed by atoms with Gasteiger partial charge in [-0.25, -0.2) is 0 Å². The molecule has 27 heavy (non-hydrogen) atoms. The fourth-order valence-electron chi connectivity index (χ4n) is 3.69. The fraction of sp³-hybridized carbons (Fsp3) is 0.667. The van der Waals surface area contributed by atoms with Gasteiger partial charge in [-0.1, -0.05) is 19.8 Å². The highest BCUT2D eigenvalue weighted by Crippen LogP contribution is 2.29. The van der Waals surface area contributed by atoms with Gasteiger partial charge in [0.05, 0.1) is 14.2 Å². The van der Waals surface area contributed by atoms with Crippen LogP contribution in [0.5, 0.6) is 11.5 Å². The summed E-state index contributed by atoms with van der Waals surface area (Å²) >= 11 is 0. The minimum absolute atomic E-state index is 0.195. The molecule has 2 rings (SSSR count). The molecular weight excluding hydrogens is 342 g/mol. The Bertz CT molecular complexity index is 599. The van der Waals surface area contributed by atoms with Gasteiger partial charge in [-0.15, -0.1) is 0 Å². The Morgan fingerprint density at radius 1 is 1.04 bits per heavy atom. The summed E-state index contributed by atoms with van der Waals surface area (Å²) in [6.07, 6.45) is 3.45. The molecule has 1 fully saturated rings. The van der Waals surface area contributed by atoms with E-state index >= 15 is 0 Å². The predicted molar refractivity (Wildman–Crippen MR) is 107 cm³/mol. The molecule has 6 heteroatoms. The van der Waals surface area contributed by atoms with Crippen molar-refractivity contribution in [1.29, 1.82) is 0 Å². The van der Waals surface area contributed by atoms with Gasteiger partial charge in [-0.05, 0) is 31.0 Å². The molecule has 0 bridgehead atoms. The summed E-state index contributed by atoms with van der Waals surface area (Å²) in [5.74, 6) is 1.77. The first kappa shape index (κ1) is 21.5. The summed E-state index contributed by atoms with van der Waals surface area (Å²) in [7, 11) is 3.35. The Morgan fingerprint density at radius 3 is 2.30 bits per heavy atom. The van der Waals surface area contributed by atoms with Crippen LogP contribution in [0.25, 0.3) is 0 Å². The molecule has 0 unspecified atom stereocenters. The second kappa shape index (κ2) is 11.1. The van der Waals surface area contributed by atoms with Gasteiger partial charge in [0.15, 0.2) is 18.0 Å². The number of rotatable bonds is 10. The number of benzene rings is 1. The zero-order valence-electron chi connectivity index (χ0n) is 17.5. The second-order valence-corrected chi connectivity index (χ2v) is 7.54. The van der Waals surface area contributed by atoms with Crippen LogP contribution in [0.3, 0.4) is 0 Å². The summed E-state index contributed by atoms with van der Waals surface area (Å²) < 4.78 is 10.8. The molecule has 1 heterocycles. The van der Waals surface area contributed by atoms with Crippen molar-refractivity contribution in [3.05, 3.63) is 23.3 Å². The molecule has 0 aromatic heterocycles. The lowest BCUT2D eigenvalue weighted by molar-refractivity contribution is -1.02. The number of carbonyl (C=O) groups is 1. The van der Waals surface area contributed by atoms with Crippen LogP contribution in [-0.2, 0) is 11.3 Å². The number of ether oxygens (including phenoxy) is 2. The summed E-state index contributed by atoms with van der Waals surface area (Å²) in [5, 5.41) is 3.05. The lowest BCUT2D eigenvalue weighted by Gasteiger charge is -2.29. The van der Waals surface area contributed by atoms with Crippen LogP contribution in [0.2, 0.25) is 0 Å². The van der Waals surface area contributed by atoms with E-state index in [0.29, 0.717) is 6.54 Å². The molecule has 152 valence electrons. The largest absolute Gasteiger partial charge is 0.493 e. The standard InChI is InChI=1S/C21H35N3O3/c1-5-6-7-8-22-21(25)16-24-11-9-23(10-12-24)15-18-14-20(27-4)19(26-3)13-17(18)2/h13-14H,5-12,15-16H2,1-4H3,(H,22,25)/p+2. The zero-order valence-corrected chi connectivity index (χ0v) is 17.5. The number of hydrogen-bond acceptors (Lipinski definition) is 3. The van der Waals surface area contributed by atoms with Crippen LogP contribution >= 0.6 is 0 Å². The molecule has 0 saturated carbocycles. The van der Waals surface area contributed by atoms with Gasteiger partial charge >= 0.3 is 0 Å². The van der Waals surface area contributed by atoms with Crippen LogP contribution in [0.1, 0.15) is 37.3 Å². The average molecular weight is 380 g/mol. The molecule has 1 aliphatic heterocycles. The number of nitrogens with one attached hydrogen (secondary N) is 3. The first-order valence-electron chi connectivity index (χ1n) is 10.2. The fourth-order valence-corrected chi connectivity index (χ4v) is 3.69. The third-order valence-electron chi connectivity index (χ3n) is 5.46. The maximum Gasteiger partial charge on any atom is 0.275 e. The topological polar surface area (TPSA) is 56.4 Å². The number of amides is 1. The smallest absolute Gasteiger partial charge is 0.275 e. The van der Waals surface area contributed by atoms with E-state index in [-0.39, 0.29) is 5.91 Å². The summed E-state index contributed by atoms with van der Waals surface area (Å²) in [5.41, 5.74) is 2.54. The second-order valence-electron chi connectivity index (χ2n) is 7.54. The van der Waals surface area contributed by atoms with Gasteiger partial charge in [0, 0.05) is 12.1 Å². The highest BCUT2D eigenvalue weighted by molar-refractivity contribution is 5.76. The highest BCUT2D eigenvalue weighted by atomic mass is 16.5. The number of unbranched alkanes of at least 4 members (excludes halogenated alkanes) is 2. The first-order valence-corrected chi connectivity index (χ1v) is 10.2. The zero-order chi connectivity index (χ0) is 19.6. The Kier molecular flexibility index (Phi) is 8.88. The number of quaternary nitrogens is 2. The molecule has 1 amide bonds. The van der Waals surface area contributed by atoms with Crippen molar-refractivity contribution < 1.29 is 24.1 Å². The normalized spacial score (nSPS) is 19.6. The number of carbonyl (C=O) groups excluding carboxylic acids is 1.